The van der Waals surface area contributed by atoms with E-state index in [4.69, 9.17) is 5.14 Å². The minimum Gasteiger partial charge on any atom is -0.364 e. The number of carbonyl (C=O) groups is 1. The molecule has 2 unspecified atom stereocenters. The molecule has 3 aromatic rings. The number of hydrogen-bond acceptors (Lipinski definition) is 5. The maximum absolute atomic E-state index is 14.5. The molecule has 4 heterocycles. The summed E-state index contributed by atoms with van der Waals surface area (Å²) in [5, 5.41) is 12.3. The molecule has 180 valence electrons. The van der Waals surface area contributed by atoms with Crippen molar-refractivity contribution in [2.45, 2.75) is 31.3 Å². The topological polar surface area (TPSA) is 113 Å². The highest BCUT2D eigenvalue weighted by Gasteiger charge is 2.32. The first-order valence-corrected chi connectivity index (χ1v) is 12.5. The number of anilines is 1. The first-order valence-electron chi connectivity index (χ1n) is 11.0. The lowest BCUT2D eigenvalue weighted by Gasteiger charge is -2.27. The Morgan fingerprint density at radius 3 is 2.74 bits per heavy atom. The number of nitrogens with zero attached hydrogens (tertiary/aromatic N) is 4. The van der Waals surface area contributed by atoms with Crippen LogP contribution < -0.4 is 15.4 Å². The number of hydrogen-bond donors (Lipinski definition) is 2. The Labute approximate surface area is 195 Å². The minimum atomic E-state index is -3.80. The molecule has 1 amide bonds. The number of pyridine rings is 1. The van der Waals surface area contributed by atoms with Crippen LogP contribution in [-0.2, 0) is 10.2 Å². The Hall–Kier alpha value is -3.09. The fraction of sp³-hybridized carbons (Fsp3) is 0.364. The predicted octanol–water partition coefficient (Wildman–Crippen LogP) is 1.96. The maximum Gasteiger partial charge on any atom is 0.276 e. The Morgan fingerprint density at radius 1 is 1.15 bits per heavy atom. The van der Waals surface area contributed by atoms with Crippen molar-refractivity contribution in [1.29, 1.82) is 0 Å². The lowest BCUT2D eigenvalue weighted by Crippen LogP contribution is -2.40. The van der Waals surface area contributed by atoms with Crippen LogP contribution in [0.2, 0.25) is 0 Å². The number of fused-ring (bicyclic) bond motifs is 1. The average molecular weight is 491 g/mol. The van der Waals surface area contributed by atoms with Gasteiger partial charge >= 0.3 is 0 Å². The van der Waals surface area contributed by atoms with E-state index in [1.54, 1.807) is 10.7 Å². The largest absolute Gasteiger partial charge is 0.364 e. The molecule has 2 aliphatic rings. The standard InChI is InChI=1S/C22H24F2N6O3S/c23-14-3-4-19(24)17(10-14)20-2-1-7-29(20)16-6-9-30-21(11-16)18(12-26-30)22(31)27-15-5-8-28(13-15)34(25,32)33/h3-4,6,9-12,15,20H,1-2,5,7-8,13H2,(H,27,31)(H2,25,32,33). The van der Waals surface area contributed by atoms with Gasteiger partial charge in [0.15, 0.2) is 0 Å². The Balaban J connectivity index is 1.40. The number of carbonyl (C=O) groups excluding carboxylic acids is 1. The maximum atomic E-state index is 14.5. The first kappa shape index (κ1) is 22.7. The van der Waals surface area contributed by atoms with Gasteiger partial charge in [0.2, 0.25) is 0 Å². The predicted molar refractivity (Wildman–Crippen MR) is 121 cm³/mol. The van der Waals surface area contributed by atoms with Gasteiger partial charge < -0.3 is 10.2 Å². The smallest absolute Gasteiger partial charge is 0.276 e. The van der Waals surface area contributed by atoms with Crippen LogP contribution in [0.1, 0.15) is 41.2 Å². The molecule has 0 aliphatic carbocycles. The molecule has 3 N–H and O–H groups in total. The van der Waals surface area contributed by atoms with E-state index in [1.807, 2.05) is 17.0 Å². The van der Waals surface area contributed by atoms with E-state index >= 15 is 0 Å². The SMILES string of the molecule is NS(=O)(=O)N1CCC(NC(=O)c2cnn3ccc(N4CCCC4c4cc(F)ccc4F)cc23)C1. The second-order valence-electron chi connectivity index (χ2n) is 8.65. The van der Waals surface area contributed by atoms with Crippen molar-refractivity contribution in [2.24, 2.45) is 5.14 Å². The van der Waals surface area contributed by atoms with Crippen LogP contribution in [0.3, 0.4) is 0 Å². The van der Waals surface area contributed by atoms with Gasteiger partial charge in [0.25, 0.3) is 16.1 Å². The molecule has 2 atom stereocenters. The third-order valence-electron chi connectivity index (χ3n) is 6.50. The molecule has 0 bridgehead atoms. The summed E-state index contributed by atoms with van der Waals surface area (Å²) in [7, 11) is -3.80. The molecule has 9 nitrogen and oxygen atoms in total. The molecular weight excluding hydrogens is 466 g/mol. The molecular formula is C22H24F2N6O3S. The van der Waals surface area contributed by atoms with Crippen molar-refractivity contribution in [3.63, 3.8) is 0 Å². The summed E-state index contributed by atoms with van der Waals surface area (Å²) < 4.78 is 54.0. The first-order chi connectivity index (χ1) is 16.2. The number of nitrogens with two attached hydrogens (primary N) is 1. The number of aromatic nitrogens is 2. The molecule has 34 heavy (non-hydrogen) atoms. The number of rotatable bonds is 5. The van der Waals surface area contributed by atoms with E-state index in [9.17, 15) is 22.0 Å². The quantitative estimate of drug-likeness (QED) is 0.568. The van der Waals surface area contributed by atoms with Crippen molar-refractivity contribution in [3.8, 4) is 0 Å². The van der Waals surface area contributed by atoms with Crippen molar-refractivity contribution >= 4 is 27.3 Å². The third-order valence-corrected chi connectivity index (χ3v) is 7.55. The molecule has 5 rings (SSSR count). The summed E-state index contributed by atoms with van der Waals surface area (Å²) in [6, 6.07) is 6.45. The van der Waals surface area contributed by atoms with Gasteiger partial charge in [-0.1, -0.05) is 0 Å². The molecule has 2 aliphatic heterocycles. The zero-order chi connectivity index (χ0) is 24.0. The van der Waals surface area contributed by atoms with Crippen molar-refractivity contribution < 1.29 is 22.0 Å². The molecule has 0 radical (unpaired) electrons. The molecule has 0 saturated carbocycles. The minimum absolute atomic E-state index is 0.115. The Kier molecular flexibility index (Phi) is 5.74. The highest BCUT2D eigenvalue weighted by molar-refractivity contribution is 7.86. The molecule has 0 spiro atoms. The molecule has 12 heteroatoms. The van der Waals surface area contributed by atoms with Crippen LogP contribution in [-0.4, -0.2) is 53.9 Å². The van der Waals surface area contributed by atoms with Gasteiger partial charge in [-0.05, 0) is 49.6 Å². The molecule has 2 aromatic heterocycles. The van der Waals surface area contributed by atoms with Crippen LogP contribution in [0.15, 0.2) is 42.7 Å². The number of benzene rings is 1. The van der Waals surface area contributed by atoms with Crippen LogP contribution >= 0.6 is 0 Å². The number of halogens is 2. The van der Waals surface area contributed by atoms with E-state index in [0.717, 1.165) is 28.5 Å². The van der Waals surface area contributed by atoms with Gasteiger partial charge in [-0.3, -0.25) is 4.79 Å². The van der Waals surface area contributed by atoms with Crippen molar-refractivity contribution in [3.05, 3.63) is 65.5 Å². The van der Waals surface area contributed by atoms with Gasteiger partial charge in [-0.15, -0.1) is 0 Å². The van der Waals surface area contributed by atoms with E-state index in [0.29, 0.717) is 36.0 Å². The van der Waals surface area contributed by atoms with Crippen molar-refractivity contribution in [2.75, 3.05) is 24.5 Å². The third kappa shape index (κ3) is 4.24. The molecule has 2 saturated heterocycles. The lowest BCUT2D eigenvalue weighted by molar-refractivity contribution is 0.0940. The number of amides is 1. The zero-order valence-electron chi connectivity index (χ0n) is 18.2. The summed E-state index contributed by atoms with van der Waals surface area (Å²) >= 11 is 0. The second kappa shape index (κ2) is 8.60. The fourth-order valence-corrected chi connectivity index (χ4v) is 5.58. The van der Waals surface area contributed by atoms with Gasteiger partial charge in [0.1, 0.15) is 11.6 Å². The molecule has 2 fully saturated rings. The van der Waals surface area contributed by atoms with Crippen LogP contribution in [0, 0.1) is 11.6 Å². The normalized spacial score (nSPS) is 21.4. The van der Waals surface area contributed by atoms with Gasteiger partial charge in [-0.2, -0.15) is 17.8 Å². The van der Waals surface area contributed by atoms with E-state index in [-0.39, 0.29) is 31.1 Å². The van der Waals surface area contributed by atoms with E-state index in [2.05, 4.69) is 10.4 Å². The molecule has 1 aromatic carbocycles. The van der Waals surface area contributed by atoms with Crippen LogP contribution in [0.5, 0.6) is 0 Å². The highest BCUT2D eigenvalue weighted by atomic mass is 32.2. The van der Waals surface area contributed by atoms with Gasteiger partial charge in [-0.25, -0.2) is 18.4 Å². The van der Waals surface area contributed by atoms with Gasteiger partial charge in [0, 0.05) is 43.1 Å². The average Bonchev–Trinajstić information content (AvgIpc) is 3.53. The van der Waals surface area contributed by atoms with Gasteiger partial charge in [0.05, 0.1) is 23.3 Å². The van der Waals surface area contributed by atoms with Crippen LogP contribution in [0.25, 0.3) is 5.52 Å². The van der Waals surface area contributed by atoms with E-state index in [1.165, 1.54) is 12.3 Å². The van der Waals surface area contributed by atoms with E-state index < -0.39 is 21.8 Å². The summed E-state index contributed by atoms with van der Waals surface area (Å²) in [6.45, 7) is 1.03. The highest BCUT2D eigenvalue weighted by Crippen LogP contribution is 2.38. The Bertz CT molecular complexity index is 1360. The summed E-state index contributed by atoms with van der Waals surface area (Å²) in [4.78, 5) is 15.0. The second-order valence-corrected chi connectivity index (χ2v) is 10.2. The van der Waals surface area contributed by atoms with Crippen LogP contribution in [0.4, 0.5) is 14.5 Å². The zero-order valence-corrected chi connectivity index (χ0v) is 19.0. The number of nitrogens with one attached hydrogen (secondary N) is 1. The fourth-order valence-electron chi connectivity index (χ4n) is 4.83. The summed E-state index contributed by atoms with van der Waals surface area (Å²) in [6.07, 6.45) is 5.13. The monoisotopic (exact) mass is 490 g/mol. The lowest BCUT2D eigenvalue weighted by atomic mass is 10.0. The van der Waals surface area contributed by atoms with Crippen molar-refractivity contribution in [1.82, 2.24) is 19.2 Å². The Morgan fingerprint density at radius 2 is 1.97 bits per heavy atom. The summed E-state index contributed by atoms with van der Waals surface area (Å²) in [5.41, 5.74) is 1.98. The summed E-state index contributed by atoms with van der Waals surface area (Å²) in [5.74, 6) is -1.31.